The number of rotatable bonds is 14. The minimum Gasteiger partial charge on any atom is -0.489 e. The van der Waals surface area contributed by atoms with E-state index in [1.165, 1.54) is 42.7 Å². The first kappa shape index (κ1) is 37.9. The van der Waals surface area contributed by atoms with E-state index in [4.69, 9.17) is 37.4 Å². The maximum atomic E-state index is 13.2. The molecular weight excluding hydrogens is 709 g/mol. The Balaban J connectivity index is 1.54. The molecule has 0 bridgehead atoms. The fourth-order valence-corrected chi connectivity index (χ4v) is 6.09. The van der Waals surface area contributed by atoms with Crippen LogP contribution in [0.5, 0.6) is 11.5 Å². The van der Waals surface area contributed by atoms with E-state index in [9.17, 15) is 32.0 Å². The van der Waals surface area contributed by atoms with Crippen molar-refractivity contribution in [3.05, 3.63) is 81.6 Å². The molecule has 0 spiro atoms. The largest absolute Gasteiger partial charge is 0.489 e. The van der Waals surface area contributed by atoms with Crippen LogP contribution in [0, 0.1) is 5.92 Å². The third-order valence-corrected chi connectivity index (χ3v) is 8.81. The van der Waals surface area contributed by atoms with E-state index in [0.29, 0.717) is 38.3 Å². The number of amides is 1. The molecule has 0 radical (unpaired) electrons. The van der Waals surface area contributed by atoms with Crippen LogP contribution >= 0.6 is 23.2 Å². The zero-order chi connectivity index (χ0) is 36.1. The van der Waals surface area contributed by atoms with Crippen molar-refractivity contribution in [2.75, 3.05) is 17.2 Å². The molecular formula is C33H37Cl2F2N2O9S+. The number of anilines is 1. The predicted octanol–water partition coefficient (Wildman–Crippen LogP) is 7.07. The minimum absolute atomic E-state index is 0.0396. The molecule has 1 fully saturated rings. The van der Waals surface area contributed by atoms with Crippen LogP contribution in [0.4, 0.5) is 19.3 Å². The van der Waals surface area contributed by atoms with Crippen molar-refractivity contribution >= 4 is 51.0 Å². The first-order chi connectivity index (χ1) is 22.9. The average Bonchev–Trinajstić information content (AvgIpc) is 3.80. The molecule has 1 amide bonds. The lowest BCUT2D eigenvalue weighted by Crippen LogP contribution is -2.40. The van der Waals surface area contributed by atoms with Gasteiger partial charge in [0.05, 0.1) is 18.6 Å². The lowest BCUT2D eigenvalue weighted by molar-refractivity contribution is -0.904. The van der Waals surface area contributed by atoms with Crippen molar-refractivity contribution in [3.63, 3.8) is 0 Å². The molecule has 1 aliphatic rings. The summed E-state index contributed by atoms with van der Waals surface area (Å²) in [6.45, 7) is 2.06. The number of aryl methyl sites for hydroxylation is 1. The quantitative estimate of drug-likeness (QED) is 0.105. The third-order valence-electron chi connectivity index (χ3n) is 7.14. The molecule has 2 aromatic carbocycles. The summed E-state index contributed by atoms with van der Waals surface area (Å²) in [6, 6.07) is 10.2. The molecule has 16 heteroatoms. The van der Waals surface area contributed by atoms with Crippen LogP contribution in [0.15, 0.2) is 54.9 Å². The highest BCUT2D eigenvalue weighted by molar-refractivity contribution is 7.92. The molecule has 4 rings (SSSR count). The van der Waals surface area contributed by atoms with E-state index in [2.05, 4.69) is 4.74 Å². The second-order valence-corrected chi connectivity index (χ2v) is 15.2. The van der Waals surface area contributed by atoms with E-state index in [-0.39, 0.29) is 46.5 Å². The van der Waals surface area contributed by atoms with Crippen molar-refractivity contribution in [1.82, 2.24) is 0 Å². The van der Waals surface area contributed by atoms with Gasteiger partial charge in [-0.3, -0.25) is 10.0 Å². The Hall–Kier alpha value is -3.88. The molecule has 3 aromatic rings. The Morgan fingerprint density at radius 3 is 2.22 bits per heavy atom. The Kier molecular flexibility index (Phi) is 12.2. The van der Waals surface area contributed by atoms with E-state index in [0.717, 1.165) is 19.1 Å². The molecule has 11 nitrogen and oxygen atoms in total. The Labute approximate surface area is 293 Å². The number of hydrogen-bond acceptors (Lipinski definition) is 9. The summed E-state index contributed by atoms with van der Waals surface area (Å²) in [5.41, 5.74) is 0.517. The average molecular weight is 747 g/mol. The van der Waals surface area contributed by atoms with Crippen molar-refractivity contribution in [1.29, 1.82) is 0 Å². The lowest BCUT2D eigenvalue weighted by atomic mass is 10.0. The first-order valence-electron chi connectivity index (χ1n) is 15.2. The number of aromatic nitrogens is 1. The summed E-state index contributed by atoms with van der Waals surface area (Å²) in [4.78, 5) is 25.9. The molecule has 1 N–H and O–H groups in total. The lowest BCUT2D eigenvalue weighted by Gasteiger charge is -2.26. The van der Waals surface area contributed by atoms with Gasteiger partial charge in [-0.2, -0.15) is 13.1 Å². The van der Waals surface area contributed by atoms with Crippen LogP contribution in [-0.2, 0) is 37.1 Å². The number of hydrogen-bond donors (Lipinski definition) is 1. The summed E-state index contributed by atoms with van der Waals surface area (Å²) in [5, 5.41) is 10.00. The highest BCUT2D eigenvalue weighted by atomic mass is 35.5. The smallest absolute Gasteiger partial charge is 0.428 e. The second kappa shape index (κ2) is 15.8. The van der Waals surface area contributed by atoms with Crippen molar-refractivity contribution in [3.8, 4) is 11.5 Å². The number of carbonyl (C=O) groups excluding carboxylic acids is 2. The normalized spacial score (nSPS) is 13.9. The molecule has 1 aromatic heterocycles. The summed E-state index contributed by atoms with van der Waals surface area (Å²) in [6.07, 6.45) is 3.20. The van der Waals surface area contributed by atoms with Gasteiger partial charge < -0.3 is 18.9 Å². The van der Waals surface area contributed by atoms with Gasteiger partial charge in [0.15, 0.2) is 11.5 Å². The van der Waals surface area contributed by atoms with Crippen molar-refractivity contribution < 1.29 is 55.7 Å². The molecule has 49 heavy (non-hydrogen) atoms. The van der Waals surface area contributed by atoms with E-state index in [1.54, 1.807) is 32.9 Å². The van der Waals surface area contributed by atoms with Gasteiger partial charge in [0.25, 0.3) is 0 Å². The van der Waals surface area contributed by atoms with Crippen molar-refractivity contribution in [2.45, 2.75) is 71.2 Å². The van der Waals surface area contributed by atoms with Crippen LogP contribution in [-0.4, -0.2) is 50.8 Å². The molecule has 0 saturated heterocycles. The van der Waals surface area contributed by atoms with Crippen LogP contribution in [0.2, 0.25) is 10.0 Å². The Morgan fingerprint density at radius 2 is 1.67 bits per heavy atom. The predicted molar refractivity (Wildman–Crippen MR) is 176 cm³/mol. The Bertz CT molecular complexity index is 1740. The van der Waals surface area contributed by atoms with Gasteiger partial charge in [-0.15, -0.1) is 0 Å². The topological polar surface area (TPSA) is 133 Å². The monoisotopic (exact) mass is 745 g/mol. The molecule has 1 aliphatic carbocycles. The van der Waals surface area contributed by atoms with Gasteiger partial charge in [0, 0.05) is 23.1 Å². The summed E-state index contributed by atoms with van der Waals surface area (Å²) in [7, 11) is -4.02. The van der Waals surface area contributed by atoms with Gasteiger partial charge in [-0.05, 0) is 81.3 Å². The number of pyridine rings is 1. The van der Waals surface area contributed by atoms with Gasteiger partial charge in [-0.25, -0.2) is 13.2 Å². The number of halogens is 4. The highest BCUT2D eigenvalue weighted by Crippen LogP contribution is 2.38. The number of alkyl halides is 2. The number of sulfonamides is 1. The molecule has 0 aliphatic heterocycles. The molecule has 0 unspecified atom stereocenters. The number of nitrogens with zero attached hydrogens (tertiary/aromatic N) is 2. The number of benzene rings is 2. The summed E-state index contributed by atoms with van der Waals surface area (Å²) in [5.74, 6) is -0.441. The van der Waals surface area contributed by atoms with Crippen LogP contribution < -0.4 is 18.5 Å². The van der Waals surface area contributed by atoms with Gasteiger partial charge in [-0.1, -0.05) is 41.4 Å². The second-order valence-electron chi connectivity index (χ2n) is 12.5. The minimum atomic E-state index is -4.02. The standard InChI is InChI=1S/C33H37Cl2F2N2O9S/c1-33(2,3)48-32(41)39(49(4,43)44)23-11-7-20(8-12-23)9-14-30(40)46-28(16-24-25(34)17-38(42)18-26(24)35)22-10-13-27(47-31(36)37)29(15-22)45-19-21-5-6-21/h7-8,10-13,15,17-18,21,28,31,42H,5-6,9,14,16,19H2,1-4H3/q+1/t28-/m0/s1. The summed E-state index contributed by atoms with van der Waals surface area (Å²) < 4.78 is 73.9. The first-order valence-corrected chi connectivity index (χ1v) is 17.8. The zero-order valence-electron chi connectivity index (χ0n) is 27.2. The maximum absolute atomic E-state index is 13.2. The molecule has 1 saturated carbocycles. The molecule has 1 atom stereocenters. The van der Waals surface area contributed by atoms with E-state index in [1.807, 2.05) is 0 Å². The van der Waals surface area contributed by atoms with Crippen LogP contribution in [0.1, 0.15) is 62.8 Å². The SMILES string of the molecule is CC(C)(C)OC(=O)N(c1ccc(CCC(=O)O[C@@H](Cc2c(Cl)c[n+](O)cc2Cl)c2ccc(OC(F)F)c(OCC3CC3)c2)cc1)S(C)(=O)=O. The summed E-state index contributed by atoms with van der Waals surface area (Å²) >= 11 is 12.7. The van der Waals surface area contributed by atoms with E-state index >= 15 is 0 Å². The van der Waals surface area contributed by atoms with Crippen molar-refractivity contribution in [2.24, 2.45) is 5.92 Å². The number of ether oxygens (including phenoxy) is 4. The number of carbonyl (C=O) groups is 2. The third kappa shape index (κ3) is 11.3. The van der Waals surface area contributed by atoms with Gasteiger partial charge in [0.2, 0.25) is 22.4 Å². The molecule has 266 valence electrons. The highest BCUT2D eigenvalue weighted by Gasteiger charge is 2.31. The zero-order valence-corrected chi connectivity index (χ0v) is 29.5. The fraction of sp³-hybridized carbons (Fsp3) is 0.424. The van der Waals surface area contributed by atoms with Gasteiger partial charge in [0.1, 0.15) is 21.8 Å². The Morgan fingerprint density at radius 1 is 1.04 bits per heavy atom. The van der Waals surface area contributed by atoms with Gasteiger partial charge >= 0.3 is 18.7 Å². The van der Waals surface area contributed by atoms with Crippen LogP contribution in [0.25, 0.3) is 0 Å². The molecule has 1 heterocycles. The maximum Gasteiger partial charge on any atom is 0.428 e. The van der Waals surface area contributed by atoms with E-state index < -0.39 is 40.4 Å². The fourth-order valence-electron chi connectivity index (χ4n) is 4.67. The number of esters is 1. The van der Waals surface area contributed by atoms with Crippen LogP contribution in [0.3, 0.4) is 0 Å².